The van der Waals surface area contributed by atoms with Crippen molar-refractivity contribution in [1.82, 2.24) is 9.55 Å². The van der Waals surface area contributed by atoms with E-state index < -0.39 is 0 Å². The van der Waals surface area contributed by atoms with Gasteiger partial charge in [0.05, 0.1) is 23.8 Å². The van der Waals surface area contributed by atoms with Crippen LogP contribution in [0.25, 0.3) is 10.9 Å². The SMILES string of the molecule is O=C(Cn1cnc2ccccc2c1=O)N(Cc1cccs1)c1ccc(F)cc1. The van der Waals surface area contributed by atoms with E-state index in [1.165, 1.54) is 34.4 Å². The Kier molecular flexibility index (Phi) is 4.99. The van der Waals surface area contributed by atoms with Gasteiger partial charge >= 0.3 is 0 Å². The lowest BCUT2D eigenvalue weighted by atomic mass is 10.2. The van der Waals surface area contributed by atoms with Gasteiger partial charge in [0.2, 0.25) is 5.91 Å². The number of benzene rings is 2. The Hall–Kier alpha value is -3.32. The van der Waals surface area contributed by atoms with Crippen LogP contribution in [0, 0.1) is 5.82 Å². The van der Waals surface area contributed by atoms with Gasteiger partial charge < -0.3 is 4.90 Å². The molecule has 2 aromatic carbocycles. The van der Waals surface area contributed by atoms with Crippen LogP contribution in [-0.2, 0) is 17.9 Å². The van der Waals surface area contributed by atoms with E-state index in [0.717, 1.165) is 4.88 Å². The lowest BCUT2D eigenvalue weighted by Gasteiger charge is -2.23. The van der Waals surface area contributed by atoms with Gasteiger partial charge in [-0.05, 0) is 47.8 Å². The first-order valence-electron chi connectivity index (χ1n) is 8.64. The lowest BCUT2D eigenvalue weighted by Crippen LogP contribution is -2.36. The van der Waals surface area contributed by atoms with Crippen LogP contribution < -0.4 is 10.5 Å². The smallest absolute Gasteiger partial charge is 0.261 e. The Bertz CT molecular complexity index is 1170. The third-order valence-corrected chi connectivity index (χ3v) is 5.23. The molecule has 0 unspecified atom stereocenters. The molecule has 28 heavy (non-hydrogen) atoms. The minimum atomic E-state index is -0.373. The molecule has 5 nitrogen and oxygen atoms in total. The second-order valence-electron chi connectivity index (χ2n) is 6.23. The second kappa shape index (κ2) is 7.74. The highest BCUT2D eigenvalue weighted by atomic mass is 32.1. The maximum absolute atomic E-state index is 13.3. The Morgan fingerprint density at radius 2 is 1.86 bits per heavy atom. The highest BCUT2D eigenvalue weighted by Gasteiger charge is 2.18. The minimum Gasteiger partial charge on any atom is -0.306 e. The molecule has 0 atom stereocenters. The molecule has 0 N–H and O–H groups in total. The average molecular weight is 393 g/mol. The summed E-state index contributed by atoms with van der Waals surface area (Å²) in [5, 5.41) is 2.39. The third-order valence-electron chi connectivity index (χ3n) is 4.37. The Balaban J connectivity index is 1.66. The number of hydrogen-bond donors (Lipinski definition) is 0. The fraction of sp³-hybridized carbons (Fsp3) is 0.0952. The third kappa shape index (κ3) is 3.70. The molecule has 0 bridgehead atoms. The summed E-state index contributed by atoms with van der Waals surface area (Å²) in [4.78, 5) is 32.5. The molecule has 1 amide bonds. The zero-order valence-electron chi connectivity index (χ0n) is 14.8. The number of carbonyl (C=O) groups is 1. The van der Waals surface area contributed by atoms with Gasteiger partial charge in [-0.3, -0.25) is 14.2 Å². The molecule has 0 saturated heterocycles. The molecule has 4 aromatic rings. The van der Waals surface area contributed by atoms with Gasteiger partial charge in [-0.25, -0.2) is 9.37 Å². The summed E-state index contributed by atoms with van der Waals surface area (Å²) < 4.78 is 14.6. The van der Waals surface area contributed by atoms with Crippen molar-refractivity contribution in [2.24, 2.45) is 0 Å². The summed E-state index contributed by atoms with van der Waals surface area (Å²) in [6, 6.07) is 16.6. The zero-order valence-corrected chi connectivity index (χ0v) is 15.6. The van der Waals surface area contributed by atoms with Crippen LogP contribution in [0.2, 0.25) is 0 Å². The Morgan fingerprint density at radius 1 is 1.07 bits per heavy atom. The molecular weight excluding hydrogens is 377 g/mol. The molecule has 0 saturated carbocycles. The van der Waals surface area contributed by atoms with Gasteiger partial charge in [0, 0.05) is 10.6 Å². The van der Waals surface area contributed by atoms with Crippen LogP contribution >= 0.6 is 11.3 Å². The Labute approximate surface area is 164 Å². The summed E-state index contributed by atoms with van der Waals surface area (Å²) >= 11 is 1.53. The summed E-state index contributed by atoms with van der Waals surface area (Å²) in [5.74, 6) is -0.651. The van der Waals surface area contributed by atoms with E-state index in [-0.39, 0.29) is 23.8 Å². The van der Waals surface area contributed by atoms with Gasteiger partial charge in [-0.2, -0.15) is 0 Å². The maximum atomic E-state index is 13.3. The average Bonchev–Trinajstić information content (AvgIpc) is 3.22. The number of hydrogen-bond acceptors (Lipinski definition) is 4. The molecule has 2 aromatic heterocycles. The molecule has 140 valence electrons. The maximum Gasteiger partial charge on any atom is 0.261 e. The first-order valence-corrected chi connectivity index (χ1v) is 9.52. The fourth-order valence-corrected chi connectivity index (χ4v) is 3.65. The number of rotatable bonds is 5. The molecule has 2 heterocycles. The quantitative estimate of drug-likeness (QED) is 0.518. The van der Waals surface area contributed by atoms with Crippen molar-refractivity contribution in [2.45, 2.75) is 13.1 Å². The van der Waals surface area contributed by atoms with Gasteiger partial charge in [0.15, 0.2) is 0 Å². The topological polar surface area (TPSA) is 55.2 Å². The number of halogens is 1. The number of thiophene rings is 1. The van der Waals surface area contributed by atoms with Crippen LogP contribution in [0.15, 0.2) is 77.2 Å². The molecule has 0 spiro atoms. The normalized spacial score (nSPS) is 10.9. The first kappa shape index (κ1) is 18.1. The molecular formula is C21H16FN3O2S. The van der Waals surface area contributed by atoms with Crippen molar-refractivity contribution in [3.8, 4) is 0 Å². The van der Waals surface area contributed by atoms with Crippen LogP contribution in [-0.4, -0.2) is 15.5 Å². The lowest BCUT2D eigenvalue weighted by molar-refractivity contribution is -0.119. The van der Waals surface area contributed by atoms with Crippen molar-refractivity contribution in [1.29, 1.82) is 0 Å². The van der Waals surface area contributed by atoms with Crippen LogP contribution in [0.3, 0.4) is 0 Å². The largest absolute Gasteiger partial charge is 0.306 e. The number of aromatic nitrogens is 2. The summed E-state index contributed by atoms with van der Waals surface area (Å²) in [7, 11) is 0. The number of carbonyl (C=O) groups excluding carboxylic acids is 1. The first-order chi connectivity index (χ1) is 13.6. The number of amides is 1. The van der Waals surface area contributed by atoms with Gasteiger partial charge in [0.25, 0.3) is 5.56 Å². The van der Waals surface area contributed by atoms with Crippen molar-refractivity contribution in [2.75, 3.05) is 4.90 Å². The molecule has 0 radical (unpaired) electrons. The van der Waals surface area contributed by atoms with E-state index >= 15 is 0 Å². The number of nitrogens with zero attached hydrogens (tertiary/aromatic N) is 3. The van der Waals surface area contributed by atoms with E-state index in [2.05, 4.69) is 4.98 Å². The van der Waals surface area contributed by atoms with Crippen molar-refractivity contribution in [3.63, 3.8) is 0 Å². The summed E-state index contributed by atoms with van der Waals surface area (Å²) in [5.41, 5.74) is 0.890. The molecule has 0 aliphatic carbocycles. The van der Waals surface area contributed by atoms with E-state index in [1.807, 2.05) is 23.6 Å². The van der Waals surface area contributed by atoms with Gasteiger partial charge in [-0.15, -0.1) is 11.3 Å². The standard InChI is InChI=1S/C21H16FN3O2S/c22-15-7-9-16(10-8-15)25(12-17-4-3-11-28-17)20(26)13-24-14-23-19-6-2-1-5-18(19)21(24)27/h1-11,14H,12-13H2. The molecule has 0 fully saturated rings. The fourth-order valence-electron chi connectivity index (χ4n) is 2.95. The van der Waals surface area contributed by atoms with Gasteiger partial charge in [-0.1, -0.05) is 18.2 Å². The van der Waals surface area contributed by atoms with Crippen molar-refractivity contribution >= 4 is 33.8 Å². The van der Waals surface area contributed by atoms with Crippen LogP contribution in [0.5, 0.6) is 0 Å². The molecule has 0 aliphatic heterocycles. The minimum absolute atomic E-state index is 0.153. The highest BCUT2D eigenvalue weighted by Crippen LogP contribution is 2.21. The van der Waals surface area contributed by atoms with Crippen molar-refractivity contribution in [3.05, 3.63) is 93.4 Å². The monoisotopic (exact) mass is 393 g/mol. The van der Waals surface area contributed by atoms with E-state index in [9.17, 15) is 14.0 Å². The van der Waals surface area contributed by atoms with Crippen molar-refractivity contribution < 1.29 is 9.18 Å². The number of fused-ring (bicyclic) bond motifs is 1. The van der Waals surface area contributed by atoms with Crippen LogP contribution in [0.1, 0.15) is 4.88 Å². The predicted octanol–water partition coefficient (Wildman–Crippen LogP) is 3.83. The van der Waals surface area contributed by atoms with Gasteiger partial charge in [0.1, 0.15) is 12.4 Å². The molecule has 7 heteroatoms. The van der Waals surface area contributed by atoms with E-state index in [4.69, 9.17) is 0 Å². The Morgan fingerprint density at radius 3 is 2.61 bits per heavy atom. The zero-order chi connectivity index (χ0) is 19.5. The molecule has 0 aliphatic rings. The molecule has 4 rings (SSSR count). The predicted molar refractivity (Wildman–Crippen MR) is 108 cm³/mol. The van der Waals surface area contributed by atoms with E-state index in [1.54, 1.807) is 35.2 Å². The number of para-hydroxylation sites is 1. The van der Waals surface area contributed by atoms with E-state index in [0.29, 0.717) is 23.1 Å². The summed E-state index contributed by atoms with van der Waals surface area (Å²) in [6.07, 6.45) is 1.39. The highest BCUT2D eigenvalue weighted by molar-refractivity contribution is 7.09. The van der Waals surface area contributed by atoms with Crippen LogP contribution in [0.4, 0.5) is 10.1 Å². The second-order valence-corrected chi connectivity index (χ2v) is 7.26. The number of anilines is 1. The summed E-state index contributed by atoms with van der Waals surface area (Å²) in [6.45, 7) is 0.192.